The van der Waals surface area contributed by atoms with Crippen molar-refractivity contribution in [3.8, 4) is 0 Å². The van der Waals surface area contributed by atoms with E-state index in [4.69, 9.17) is 5.73 Å². The second kappa shape index (κ2) is 2.87. The highest BCUT2D eigenvalue weighted by molar-refractivity contribution is 5.20. The Hall–Kier alpha value is -0.890. The monoisotopic (exact) mass is 162 g/mol. The number of hydrogen-bond donors (Lipinski definition) is 1. The number of nitrogens with two attached hydrogens (primary N) is 1. The molecule has 12 heavy (non-hydrogen) atoms. The maximum absolute atomic E-state index is 5.72. The van der Waals surface area contributed by atoms with Gasteiger partial charge in [-0.1, -0.05) is 0 Å². The van der Waals surface area contributed by atoms with E-state index in [9.17, 15) is 0 Å². The van der Waals surface area contributed by atoms with Gasteiger partial charge in [-0.25, -0.2) is 0 Å². The molecule has 0 aliphatic heterocycles. The van der Waals surface area contributed by atoms with Crippen LogP contribution in [0.25, 0.3) is 0 Å². The quantitative estimate of drug-likeness (QED) is 0.681. The van der Waals surface area contributed by atoms with Crippen molar-refractivity contribution in [3.63, 3.8) is 0 Å². The highest BCUT2D eigenvalue weighted by Gasteiger charge is 2.27. The number of hydrogen-bond acceptors (Lipinski definition) is 2. The number of nitrogens with zero attached hydrogens (tertiary/aromatic N) is 1. The fraction of sp³-hybridized carbons (Fsp3) is 0.500. The Balaban J connectivity index is 2.13. The summed E-state index contributed by atoms with van der Waals surface area (Å²) in [6.45, 7) is 2.10. The molecule has 2 nitrogen and oxygen atoms in total. The van der Waals surface area contributed by atoms with Crippen molar-refractivity contribution >= 4 is 0 Å². The van der Waals surface area contributed by atoms with Gasteiger partial charge in [0.15, 0.2) is 0 Å². The Morgan fingerprint density at radius 1 is 1.50 bits per heavy atom. The molecule has 2 heteroatoms. The minimum Gasteiger partial charge on any atom is -0.328 e. The average Bonchev–Trinajstić information content (AvgIpc) is 1.99. The molecule has 2 N–H and O–H groups in total. The normalized spacial score (nSPS) is 28.2. The highest BCUT2D eigenvalue weighted by Crippen LogP contribution is 2.34. The molecular weight excluding hydrogens is 148 g/mol. The maximum Gasteiger partial charge on any atom is 0.0438 e. The Kier molecular flexibility index (Phi) is 1.85. The van der Waals surface area contributed by atoms with Gasteiger partial charge in [-0.05, 0) is 37.5 Å². The van der Waals surface area contributed by atoms with Crippen LogP contribution in [0.3, 0.4) is 0 Å². The summed E-state index contributed by atoms with van der Waals surface area (Å²) in [6, 6.07) is 4.61. The van der Waals surface area contributed by atoms with Crippen molar-refractivity contribution in [2.24, 2.45) is 5.73 Å². The third-order valence-corrected chi connectivity index (χ3v) is 2.53. The molecule has 2 rings (SSSR count). The van der Waals surface area contributed by atoms with E-state index in [0.717, 1.165) is 12.8 Å². The zero-order valence-corrected chi connectivity index (χ0v) is 7.33. The molecule has 0 radical (unpaired) electrons. The standard InChI is InChI=1S/C10H14N2/c1-7-2-3-12-10(4-7)8-5-9(11)6-8/h2-4,8-9H,5-6,11H2,1H3. The van der Waals surface area contributed by atoms with Gasteiger partial charge in [-0.3, -0.25) is 4.98 Å². The van der Waals surface area contributed by atoms with Gasteiger partial charge >= 0.3 is 0 Å². The maximum atomic E-state index is 5.72. The molecule has 0 spiro atoms. The lowest BCUT2D eigenvalue weighted by Gasteiger charge is -2.31. The summed E-state index contributed by atoms with van der Waals surface area (Å²) in [6.07, 6.45) is 4.10. The third-order valence-electron chi connectivity index (χ3n) is 2.53. The first-order chi connectivity index (χ1) is 5.75. The smallest absolute Gasteiger partial charge is 0.0438 e. The Labute approximate surface area is 72.8 Å². The van der Waals surface area contributed by atoms with Crippen LogP contribution in [0.5, 0.6) is 0 Å². The van der Waals surface area contributed by atoms with Gasteiger partial charge in [0.05, 0.1) is 0 Å². The van der Waals surface area contributed by atoms with Crippen molar-refractivity contribution in [1.29, 1.82) is 0 Å². The fourth-order valence-electron chi connectivity index (χ4n) is 1.69. The molecule has 1 aliphatic rings. The second-order valence-electron chi connectivity index (χ2n) is 3.69. The minimum absolute atomic E-state index is 0.414. The van der Waals surface area contributed by atoms with Crippen LogP contribution in [0.4, 0.5) is 0 Å². The molecule has 1 aliphatic carbocycles. The number of aryl methyl sites for hydroxylation is 1. The summed E-state index contributed by atoms with van der Waals surface area (Å²) in [7, 11) is 0. The minimum atomic E-state index is 0.414. The Morgan fingerprint density at radius 3 is 2.83 bits per heavy atom. The summed E-state index contributed by atoms with van der Waals surface area (Å²) < 4.78 is 0. The molecule has 64 valence electrons. The second-order valence-corrected chi connectivity index (χ2v) is 3.69. The van der Waals surface area contributed by atoms with Crippen LogP contribution in [0.15, 0.2) is 18.3 Å². The molecule has 0 unspecified atom stereocenters. The molecule has 0 saturated heterocycles. The lowest BCUT2D eigenvalue weighted by atomic mass is 9.78. The molecule has 0 amide bonds. The average molecular weight is 162 g/mol. The molecular formula is C10H14N2. The Morgan fingerprint density at radius 2 is 2.25 bits per heavy atom. The van der Waals surface area contributed by atoms with Crippen LogP contribution < -0.4 is 5.73 Å². The van der Waals surface area contributed by atoms with Crippen molar-refractivity contribution in [1.82, 2.24) is 4.98 Å². The summed E-state index contributed by atoms with van der Waals surface area (Å²) in [5.41, 5.74) is 8.23. The van der Waals surface area contributed by atoms with E-state index < -0.39 is 0 Å². The van der Waals surface area contributed by atoms with Gasteiger partial charge in [0.1, 0.15) is 0 Å². The van der Waals surface area contributed by atoms with Crippen LogP contribution in [0, 0.1) is 6.92 Å². The zero-order chi connectivity index (χ0) is 8.55. The van der Waals surface area contributed by atoms with Crippen LogP contribution in [-0.2, 0) is 0 Å². The molecule has 0 aromatic carbocycles. The van der Waals surface area contributed by atoms with Crippen LogP contribution in [0.1, 0.15) is 30.0 Å². The highest BCUT2D eigenvalue weighted by atomic mass is 14.7. The molecule has 1 saturated carbocycles. The first kappa shape index (κ1) is 7.74. The van der Waals surface area contributed by atoms with E-state index in [1.54, 1.807) is 0 Å². The van der Waals surface area contributed by atoms with Crippen molar-refractivity contribution in [3.05, 3.63) is 29.6 Å². The van der Waals surface area contributed by atoms with Gasteiger partial charge in [-0.15, -0.1) is 0 Å². The lowest BCUT2D eigenvalue weighted by Crippen LogP contribution is -2.35. The number of rotatable bonds is 1. The van der Waals surface area contributed by atoms with Gasteiger partial charge in [0.2, 0.25) is 0 Å². The molecule has 0 atom stereocenters. The largest absolute Gasteiger partial charge is 0.328 e. The third kappa shape index (κ3) is 1.34. The van der Waals surface area contributed by atoms with E-state index in [1.807, 2.05) is 12.3 Å². The first-order valence-corrected chi connectivity index (χ1v) is 4.44. The molecule has 0 bridgehead atoms. The van der Waals surface area contributed by atoms with Crippen LogP contribution in [0.2, 0.25) is 0 Å². The summed E-state index contributed by atoms with van der Waals surface area (Å²) >= 11 is 0. The van der Waals surface area contributed by atoms with Crippen molar-refractivity contribution < 1.29 is 0 Å². The van der Waals surface area contributed by atoms with E-state index in [0.29, 0.717) is 12.0 Å². The summed E-state index contributed by atoms with van der Waals surface area (Å²) in [4.78, 5) is 4.34. The van der Waals surface area contributed by atoms with Crippen LogP contribution in [-0.4, -0.2) is 11.0 Å². The molecule has 1 fully saturated rings. The van der Waals surface area contributed by atoms with E-state index in [2.05, 4.69) is 18.0 Å². The van der Waals surface area contributed by atoms with Gasteiger partial charge in [0.25, 0.3) is 0 Å². The van der Waals surface area contributed by atoms with Gasteiger partial charge < -0.3 is 5.73 Å². The lowest BCUT2D eigenvalue weighted by molar-refractivity contribution is 0.345. The predicted octanol–water partition coefficient (Wildman–Crippen LogP) is 1.59. The Bertz CT molecular complexity index is 277. The van der Waals surface area contributed by atoms with Crippen LogP contribution >= 0.6 is 0 Å². The summed E-state index contributed by atoms with van der Waals surface area (Å²) in [5.74, 6) is 0.625. The fourth-order valence-corrected chi connectivity index (χ4v) is 1.69. The SMILES string of the molecule is Cc1ccnc(C2CC(N)C2)c1. The predicted molar refractivity (Wildman–Crippen MR) is 48.9 cm³/mol. The molecule has 1 heterocycles. The topological polar surface area (TPSA) is 38.9 Å². The zero-order valence-electron chi connectivity index (χ0n) is 7.33. The number of pyridine rings is 1. The van der Waals surface area contributed by atoms with Crippen molar-refractivity contribution in [2.45, 2.75) is 31.7 Å². The first-order valence-electron chi connectivity index (χ1n) is 4.44. The molecule has 1 aromatic heterocycles. The summed E-state index contributed by atoms with van der Waals surface area (Å²) in [5, 5.41) is 0. The van der Waals surface area contributed by atoms with E-state index in [1.165, 1.54) is 11.3 Å². The molecule has 1 aromatic rings. The number of aromatic nitrogens is 1. The van der Waals surface area contributed by atoms with Crippen molar-refractivity contribution in [2.75, 3.05) is 0 Å². The van der Waals surface area contributed by atoms with Gasteiger partial charge in [0, 0.05) is 23.9 Å². The van der Waals surface area contributed by atoms with Gasteiger partial charge in [-0.2, -0.15) is 0 Å². The van der Waals surface area contributed by atoms with E-state index >= 15 is 0 Å². The van der Waals surface area contributed by atoms with E-state index in [-0.39, 0.29) is 0 Å².